The van der Waals surface area contributed by atoms with Gasteiger partial charge in [0.25, 0.3) is 5.91 Å². The second kappa shape index (κ2) is 11.5. The van der Waals surface area contributed by atoms with Crippen LogP contribution in [0, 0.1) is 5.92 Å². The van der Waals surface area contributed by atoms with E-state index in [-0.39, 0.29) is 17.7 Å². The molecular weight excluding hydrogens is 386 g/mol. The molecule has 0 radical (unpaired) electrons. The molecule has 1 fully saturated rings. The van der Waals surface area contributed by atoms with Crippen LogP contribution in [0.4, 0.5) is 11.4 Å². The lowest BCUT2D eigenvalue weighted by Gasteiger charge is -2.22. The standard InChI is InChI=1S/C26H35N3O2/c1-3-5-13-21(4-2)25(30)28-22-14-15-24(29-16-9-10-17-29)23(18-22)26(31)27-19-20-11-7-6-8-12-20/h6-8,11-12,14-15,18,21H,3-5,9-10,13,16-17,19H2,1-2H3,(H,27,31)(H,28,30)/t21-/m0/s1. The third kappa shape index (κ3) is 6.33. The molecule has 1 atom stereocenters. The minimum absolute atomic E-state index is 0.00793. The van der Waals surface area contributed by atoms with Crippen LogP contribution < -0.4 is 15.5 Å². The molecule has 0 spiro atoms. The van der Waals surface area contributed by atoms with Gasteiger partial charge in [0.1, 0.15) is 0 Å². The second-order valence-electron chi connectivity index (χ2n) is 8.33. The average Bonchev–Trinajstić information content (AvgIpc) is 3.33. The second-order valence-corrected chi connectivity index (χ2v) is 8.33. The van der Waals surface area contributed by atoms with E-state index >= 15 is 0 Å². The number of amides is 2. The van der Waals surface area contributed by atoms with Gasteiger partial charge in [-0.15, -0.1) is 0 Å². The van der Waals surface area contributed by atoms with E-state index in [2.05, 4.69) is 29.4 Å². The van der Waals surface area contributed by atoms with E-state index in [0.717, 1.165) is 62.9 Å². The van der Waals surface area contributed by atoms with Crippen LogP contribution >= 0.6 is 0 Å². The number of hydrogen-bond acceptors (Lipinski definition) is 3. The van der Waals surface area contributed by atoms with Gasteiger partial charge in [0.2, 0.25) is 5.91 Å². The van der Waals surface area contributed by atoms with Gasteiger partial charge in [-0.3, -0.25) is 9.59 Å². The molecule has 3 rings (SSSR count). The number of carbonyl (C=O) groups excluding carboxylic acids is 2. The Morgan fingerprint density at radius 1 is 1.03 bits per heavy atom. The van der Waals surface area contributed by atoms with E-state index in [4.69, 9.17) is 0 Å². The summed E-state index contributed by atoms with van der Waals surface area (Å²) in [5, 5.41) is 6.09. The number of benzene rings is 2. The van der Waals surface area contributed by atoms with E-state index in [9.17, 15) is 9.59 Å². The van der Waals surface area contributed by atoms with Crippen LogP contribution in [-0.2, 0) is 11.3 Å². The third-order valence-corrected chi connectivity index (χ3v) is 6.02. The van der Waals surface area contributed by atoms with Crippen molar-refractivity contribution in [3.8, 4) is 0 Å². The normalized spacial score (nSPS) is 14.3. The molecule has 0 bridgehead atoms. The van der Waals surface area contributed by atoms with E-state index in [1.54, 1.807) is 0 Å². The van der Waals surface area contributed by atoms with Crippen LogP contribution in [0.15, 0.2) is 48.5 Å². The minimum atomic E-state index is -0.111. The Hall–Kier alpha value is -2.82. The lowest BCUT2D eigenvalue weighted by molar-refractivity contribution is -0.120. The van der Waals surface area contributed by atoms with Gasteiger partial charge < -0.3 is 15.5 Å². The number of nitrogens with zero attached hydrogens (tertiary/aromatic N) is 1. The quantitative estimate of drug-likeness (QED) is 0.542. The van der Waals surface area contributed by atoms with E-state index < -0.39 is 0 Å². The largest absolute Gasteiger partial charge is 0.371 e. The Morgan fingerprint density at radius 3 is 2.45 bits per heavy atom. The molecule has 0 saturated carbocycles. The van der Waals surface area contributed by atoms with Crippen molar-refractivity contribution in [2.75, 3.05) is 23.3 Å². The zero-order chi connectivity index (χ0) is 22.1. The molecule has 1 aliphatic heterocycles. The van der Waals surface area contributed by atoms with Crippen LogP contribution in [-0.4, -0.2) is 24.9 Å². The summed E-state index contributed by atoms with van der Waals surface area (Å²) in [6.45, 7) is 6.59. The van der Waals surface area contributed by atoms with Crippen molar-refractivity contribution < 1.29 is 9.59 Å². The summed E-state index contributed by atoms with van der Waals surface area (Å²) in [5.74, 6) is -0.0611. The number of unbranched alkanes of at least 4 members (excludes halogenated alkanes) is 1. The van der Waals surface area contributed by atoms with Crippen molar-refractivity contribution in [1.29, 1.82) is 0 Å². The van der Waals surface area contributed by atoms with Gasteiger partial charge in [0, 0.05) is 36.9 Å². The molecule has 2 aromatic rings. The Balaban J connectivity index is 1.77. The Bertz CT molecular complexity index is 860. The first-order chi connectivity index (χ1) is 15.1. The van der Waals surface area contributed by atoms with E-state index in [1.165, 1.54) is 0 Å². The first-order valence-corrected chi connectivity index (χ1v) is 11.6. The van der Waals surface area contributed by atoms with Crippen LogP contribution in [0.3, 0.4) is 0 Å². The monoisotopic (exact) mass is 421 g/mol. The Morgan fingerprint density at radius 2 is 1.77 bits per heavy atom. The Kier molecular flexibility index (Phi) is 8.51. The number of hydrogen-bond donors (Lipinski definition) is 2. The van der Waals surface area contributed by atoms with Crippen LogP contribution in [0.2, 0.25) is 0 Å². The molecule has 1 aliphatic rings. The molecular formula is C26H35N3O2. The molecule has 0 aliphatic carbocycles. The first kappa shape index (κ1) is 22.9. The Labute approximate surface area is 186 Å². The number of carbonyl (C=O) groups is 2. The molecule has 5 heteroatoms. The SMILES string of the molecule is CCCC[C@H](CC)C(=O)Nc1ccc(N2CCCC2)c(C(=O)NCc2ccccc2)c1. The zero-order valence-electron chi connectivity index (χ0n) is 18.8. The summed E-state index contributed by atoms with van der Waals surface area (Å²) in [7, 11) is 0. The van der Waals surface area contributed by atoms with Crippen LogP contribution in [0.5, 0.6) is 0 Å². The molecule has 2 N–H and O–H groups in total. The molecule has 1 saturated heterocycles. The molecule has 2 aromatic carbocycles. The van der Waals surface area contributed by atoms with Gasteiger partial charge in [-0.25, -0.2) is 0 Å². The maximum absolute atomic E-state index is 13.1. The van der Waals surface area contributed by atoms with Gasteiger partial charge in [-0.1, -0.05) is 57.0 Å². The van der Waals surface area contributed by atoms with Crippen molar-refractivity contribution in [3.05, 3.63) is 59.7 Å². The number of rotatable bonds is 10. The van der Waals surface area contributed by atoms with Gasteiger partial charge in [0.05, 0.1) is 5.56 Å². The lowest BCUT2D eigenvalue weighted by atomic mass is 9.98. The molecule has 166 valence electrons. The number of anilines is 2. The van der Waals surface area contributed by atoms with Gasteiger partial charge in [-0.05, 0) is 49.4 Å². The fourth-order valence-corrected chi connectivity index (χ4v) is 4.12. The summed E-state index contributed by atoms with van der Waals surface area (Å²) < 4.78 is 0. The molecule has 31 heavy (non-hydrogen) atoms. The van der Waals surface area contributed by atoms with E-state index in [1.807, 2.05) is 48.5 Å². The summed E-state index contributed by atoms with van der Waals surface area (Å²) in [4.78, 5) is 28.1. The van der Waals surface area contributed by atoms with Gasteiger partial charge >= 0.3 is 0 Å². The first-order valence-electron chi connectivity index (χ1n) is 11.6. The van der Waals surface area contributed by atoms with Gasteiger partial charge in [-0.2, -0.15) is 0 Å². The molecule has 0 aromatic heterocycles. The third-order valence-electron chi connectivity index (χ3n) is 6.02. The minimum Gasteiger partial charge on any atom is -0.371 e. The van der Waals surface area contributed by atoms with Crippen LogP contribution in [0.25, 0.3) is 0 Å². The van der Waals surface area contributed by atoms with Crippen molar-refractivity contribution in [1.82, 2.24) is 5.32 Å². The maximum Gasteiger partial charge on any atom is 0.253 e. The summed E-state index contributed by atoms with van der Waals surface area (Å²) >= 11 is 0. The highest BCUT2D eigenvalue weighted by Crippen LogP contribution is 2.28. The molecule has 0 unspecified atom stereocenters. The highest BCUT2D eigenvalue weighted by Gasteiger charge is 2.21. The zero-order valence-corrected chi connectivity index (χ0v) is 18.8. The summed E-state index contributed by atoms with van der Waals surface area (Å²) in [5.41, 5.74) is 3.31. The van der Waals surface area contributed by atoms with Crippen molar-refractivity contribution in [2.24, 2.45) is 5.92 Å². The molecule has 2 amide bonds. The van der Waals surface area contributed by atoms with E-state index in [0.29, 0.717) is 17.8 Å². The molecule has 5 nitrogen and oxygen atoms in total. The highest BCUT2D eigenvalue weighted by atomic mass is 16.2. The topological polar surface area (TPSA) is 61.4 Å². The van der Waals surface area contributed by atoms with Crippen molar-refractivity contribution >= 4 is 23.2 Å². The maximum atomic E-state index is 13.1. The highest BCUT2D eigenvalue weighted by molar-refractivity contribution is 6.02. The summed E-state index contributed by atoms with van der Waals surface area (Å²) in [6, 6.07) is 15.6. The number of nitrogens with one attached hydrogen (secondary N) is 2. The lowest BCUT2D eigenvalue weighted by Crippen LogP contribution is -2.28. The summed E-state index contributed by atoms with van der Waals surface area (Å²) in [6.07, 6.45) is 6.13. The fourth-order valence-electron chi connectivity index (χ4n) is 4.12. The van der Waals surface area contributed by atoms with Crippen LogP contribution in [0.1, 0.15) is 68.3 Å². The van der Waals surface area contributed by atoms with Crippen molar-refractivity contribution in [3.63, 3.8) is 0 Å². The molecule has 1 heterocycles. The smallest absolute Gasteiger partial charge is 0.253 e. The average molecular weight is 422 g/mol. The predicted octanol–water partition coefficient (Wildman–Crippen LogP) is 5.37. The predicted molar refractivity (Wildman–Crippen MR) is 127 cm³/mol. The van der Waals surface area contributed by atoms with Crippen molar-refractivity contribution in [2.45, 2.75) is 58.9 Å². The fraction of sp³-hybridized carbons (Fsp3) is 0.462. The van der Waals surface area contributed by atoms with Gasteiger partial charge in [0.15, 0.2) is 0 Å².